The van der Waals surface area contributed by atoms with Gasteiger partial charge < -0.3 is 18.9 Å². The van der Waals surface area contributed by atoms with Crippen LogP contribution in [-0.4, -0.2) is 12.0 Å². The number of benzene rings is 2. The van der Waals surface area contributed by atoms with Crippen LogP contribution in [0.25, 0.3) is 0 Å². The van der Waals surface area contributed by atoms with Crippen molar-refractivity contribution in [3.05, 3.63) is 74.8 Å². The molecule has 2 heterocycles. The van der Waals surface area contributed by atoms with Crippen molar-refractivity contribution in [3.63, 3.8) is 0 Å². The second-order valence-corrected chi connectivity index (χ2v) is 5.95. The lowest BCUT2D eigenvalue weighted by atomic mass is 10.0. The zero-order valence-corrected chi connectivity index (χ0v) is 13.7. The van der Waals surface area contributed by atoms with Gasteiger partial charge in [0, 0.05) is 24.3 Å². The first-order valence-corrected chi connectivity index (χ1v) is 7.95. The van der Waals surface area contributed by atoms with Crippen LogP contribution in [0.5, 0.6) is 0 Å². The van der Waals surface area contributed by atoms with Gasteiger partial charge in [-0.2, -0.15) is 0 Å². The third-order valence-corrected chi connectivity index (χ3v) is 4.53. The highest BCUT2D eigenvalue weighted by molar-refractivity contribution is 5.49. The molecule has 2 aliphatic rings. The summed E-state index contributed by atoms with van der Waals surface area (Å²) < 4.78 is 22.9. The zero-order valence-electron chi connectivity index (χ0n) is 13.7. The summed E-state index contributed by atoms with van der Waals surface area (Å²) in [5.74, 6) is 0. The predicted molar refractivity (Wildman–Crippen MR) is 86.4 cm³/mol. The van der Waals surface area contributed by atoms with Gasteiger partial charge in [-0.05, 0) is 12.5 Å². The van der Waals surface area contributed by atoms with Gasteiger partial charge in [-0.25, -0.2) is 0 Å². The van der Waals surface area contributed by atoms with Gasteiger partial charge >= 0.3 is 0 Å². The number of nitrogens with zero attached hydrogens (tertiary/aromatic N) is 1. The monoisotopic (exact) mass is 343 g/mol. The van der Waals surface area contributed by atoms with E-state index >= 15 is 0 Å². The van der Waals surface area contributed by atoms with E-state index in [0.717, 1.165) is 16.7 Å². The minimum absolute atomic E-state index is 0.0126. The van der Waals surface area contributed by atoms with Crippen molar-refractivity contribution in [1.29, 1.82) is 0 Å². The molecule has 7 heteroatoms. The SMILES string of the molecule is COC1OC(OC2OC(C)c3cccc([N+](=O)[O-])c32)c2ccccc21. The Hall–Kier alpha value is -2.32. The van der Waals surface area contributed by atoms with E-state index < -0.39 is 23.8 Å². The van der Waals surface area contributed by atoms with E-state index in [-0.39, 0.29) is 11.8 Å². The number of hydrogen-bond donors (Lipinski definition) is 0. The van der Waals surface area contributed by atoms with Gasteiger partial charge in [-0.1, -0.05) is 36.4 Å². The molecule has 2 aromatic rings. The van der Waals surface area contributed by atoms with E-state index in [1.165, 1.54) is 6.07 Å². The summed E-state index contributed by atoms with van der Waals surface area (Å²) >= 11 is 0. The first-order chi connectivity index (χ1) is 12.1. The van der Waals surface area contributed by atoms with Crippen LogP contribution in [0, 0.1) is 10.1 Å². The van der Waals surface area contributed by atoms with Gasteiger partial charge in [0.1, 0.15) is 0 Å². The summed E-state index contributed by atoms with van der Waals surface area (Å²) in [7, 11) is 1.55. The van der Waals surface area contributed by atoms with E-state index in [1.807, 2.05) is 37.3 Å². The fourth-order valence-electron chi connectivity index (χ4n) is 3.37. The molecule has 4 rings (SSSR count). The van der Waals surface area contributed by atoms with Gasteiger partial charge in [0.25, 0.3) is 5.69 Å². The molecule has 0 bridgehead atoms. The molecular formula is C18H17NO6. The molecule has 0 aromatic heterocycles. The van der Waals surface area contributed by atoms with E-state index in [9.17, 15) is 10.1 Å². The predicted octanol–water partition coefficient (Wildman–Crippen LogP) is 4.08. The highest BCUT2D eigenvalue weighted by Crippen LogP contribution is 2.48. The van der Waals surface area contributed by atoms with Gasteiger partial charge in [-0.3, -0.25) is 10.1 Å². The maximum atomic E-state index is 11.4. The van der Waals surface area contributed by atoms with Crippen LogP contribution in [0.15, 0.2) is 42.5 Å². The number of nitro groups is 1. The number of ether oxygens (including phenoxy) is 4. The average molecular weight is 343 g/mol. The molecule has 0 saturated heterocycles. The van der Waals surface area contributed by atoms with Crippen LogP contribution in [0.3, 0.4) is 0 Å². The van der Waals surface area contributed by atoms with Crippen molar-refractivity contribution >= 4 is 5.69 Å². The maximum Gasteiger partial charge on any atom is 0.278 e. The Morgan fingerprint density at radius 2 is 1.64 bits per heavy atom. The molecule has 7 nitrogen and oxygen atoms in total. The molecule has 4 atom stereocenters. The molecule has 0 radical (unpaired) electrons. The van der Waals surface area contributed by atoms with Gasteiger partial charge in [-0.15, -0.1) is 0 Å². The lowest BCUT2D eigenvalue weighted by molar-refractivity contribution is -0.387. The smallest absolute Gasteiger partial charge is 0.278 e. The van der Waals surface area contributed by atoms with E-state index in [0.29, 0.717) is 5.56 Å². The topological polar surface area (TPSA) is 80.1 Å². The molecule has 0 amide bonds. The molecule has 0 aliphatic carbocycles. The standard InChI is InChI=1S/C18H17NO6/c1-10-11-8-5-9-14(19(20)21)15(11)18(23-10)25-17-13-7-4-3-6-12(13)16(22-2)24-17/h3-10,16-18H,1-2H3. The first kappa shape index (κ1) is 16.2. The lowest BCUT2D eigenvalue weighted by Gasteiger charge is -2.19. The molecule has 0 N–H and O–H groups in total. The van der Waals surface area contributed by atoms with Crippen LogP contribution >= 0.6 is 0 Å². The van der Waals surface area contributed by atoms with Gasteiger partial charge in [0.15, 0.2) is 18.9 Å². The van der Waals surface area contributed by atoms with Crippen LogP contribution in [0.1, 0.15) is 54.2 Å². The largest absolute Gasteiger partial charge is 0.352 e. The minimum Gasteiger partial charge on any atom is -0.352 e. The Kier molecular flexibility index (Phi) is 4.01. The van der Waals surface area contributed by atoms with Crippen molar-refractivity contribution in [3.8, 4) is 0 Å². The minimum atomic E-state index is -0.875. The summed E-state index contributed by atoms with van der Waals surface area (Å²) in [5.41, 5.74) is 2.90. The number of hydrogen-bond acceptors (Lipinski definition) is 6. The molecule has 0 spiro atoms. The van der Waals surface area contributed by atoms with Gasteiger partial charge in [0.05, 0.1) is 16.6 Å². The van der Waals surface area contributed by atoms with Crippen LogP contribution in [0.4, 0.5) is 5.69 Å². The Morgan fingerprint density at radius 1 is 0.960 bits per heavy atom. The molecular weight excluding hydrogens is 326 g/mol. The number of fused-ring (bicyclic) bond motifs is 2. The maximum absolute atomic E-state index is 11.4. The molecule has 25 heavy (non-hydrogen) atoms. The van der Waals surface area contributed by atoms with Crippen molar-refractivity contribution in [1.82, 2.24) is 0 Å². The van der Waals surface area contributed by atoms with Crippen molar-refractivity contribution < 1.29 is 23.9 Å². The summed E-state index contributed by atoms with van der Waals surface area (Å²) in [6.45, 7) is 1.84. The summed E-state index contributed by atoms with van der Waals surface area (Å²) in [5, 5.41) is 11.4. The zero-order chi connectivity index (χ0) is 17.6. The highest BCUT2D eigenvalue weighted by Gasteiger charge is 2.41. The van der Waals surface area contributed by atoms with Crippen LogP contribution < -0.4 is 0 Å². The Bertz CT molecular complexity index is 823. The molecule has 2 aromatic carbocycles. The number of methoxy groups -OCH3 is 1. The van der Waals surface area contributed by atoms with E-state index in [1.54, 1.807) is 13.2 Å². The highest BCUT2D eigenvalue weighted by atomic mass is 16.8. The normalized spacial score (nSPS) is 27.1. The van der Waals surface area contributed by atoms with Crippen molar-refractivity contribution in [2.24, 2.45) is 0 Å². The lowest BCUT2D eigenvalue weighted by Crippen LogP contribution is -2.11. The van der Waals surface area contributed by atoms with Gasteiger partial charge in [0.2, 0.25) is 0 Å². The third kappa shape index (κ3) is 2.61. The van der Waals surface area contributed by atoms with Crippen LogP contribution in [-0.2, 0) is 18.9 Å². The van der Waals surface area contributed by atoms with Crippen LogP contribution in [0.2, 0.25) is 0 Å². The summed E-state index contributed by atoms with van der Waals surface area (Å²) in [4.78, 5) is 11.0. The van der Waals surface area contributed by atoms with E-state index in [2.05, 4.69) is 0 Å². The Labute approximate surface area is 144 Å². The second kappa shape index (κ2) is 6.20. The molecule has 0 fully saturated rings. The molecule has 2 aliphatic heterocycles. The first-order valence-electron chi connectivity index (χ1n) is 7.95. The number of rotatable bonds is 4. The average Bonchev–Trinajstić information content (AvgIpc) is 3.13. The van der Waals surface area contributed by atoms with Crippen molar-refractivity contribution in [2.75, 3.05) is 7.11 Å². The van der Waals surface area contributed by atoms with E-state index in [4.69, 9.17) is 18.9 Å². The molecule has 4 unspecified atom stereocenters. The fraction of sp³-hybridized carbons (Fsp3) is 0.333. The third-order valence-electron chi connectivity index (χ3n) is 4.53. The van der Waals surface area contributed by atoms with Crippen molar-refractivity contribution in [2.45, 2.75) is 31.9 Å². The number of nitro benzene ring substituents is 1. The second-order valence-electron chi connectivity index (χ2n) is 5.95. The fourth-order valence-corrected chi connectivity index (χ4v) is 3.37. The quantitative estimate of drug-likeness (QED) is 0.615. The summed E-state index contributed by atoms with van der Waals surface area (Å²) in [6, 6.07) is 12.5. The summed E-state index contributed by atoms with van der Waals surface area (Å²) in [6.07, 6.45) is -2.43. The Balaban J connectivity index is 1.67. The molecule has 130 valence electrons. The molecule has 0 saturated carbocycles. The Morgan fingerprint density at radius 3 is 2.32 bits per heavy atom.